The fraction of sp³-hybridized carbons (Fsp3) is 0.154. The van der Waals surface area contributed by atoms with E-state index in [2.05, 4.69) is 21.2 Å². The molecule has 100 valence electrons. The van der Waals surface area contributed by atoms with Crippen LogP contribution in [0.5, 0.6) is 0 Å². The maximum Gasteiger partial charge on any atom is 0.255 e. The molecule has 0 saturated heterocycles. The van der Waals surface area contributed by atoms with Crippen molar-refractivity contribution in [3.63, 3.8) is 0 Å². The number of nitrogens with one attached hydrogen (secondary N) is 1. The van der Waals surface area contributed by atoms with Crippen LogP contribution in [0.25, 0.3) is 0 Å². The Morgan fingerprint density at radius 1 is 1.42 bits per heavy atom. The lowest BCUT2D eigenvalue weighted by atomic mass is 10.2. The Morgan fingerprint density at radius 2 is 2.21 bits per heavy atom. The van der Waals surface area contributed by atoms with Gasteiger partial charge in [-0.1, -0.05) is 12.1 Å². The first-order valence-electron chi connectivity index (χ1n) is 5.53. The van der Waals surface area contributed by atoms with Gasteiger partial charge in [-0.25, -0.2) is 4.39 Å². The van der Waals surface area contributed by atoms with Gasteiger partial charge in [0.2, 0.25) is 0 Å². The van der Waals surface area contributed by atoms with Gasteiger partial charge in [-0.2, -0.15) is 0 Å². The van der Waals surface area contributed by atoms with Gasteiger partial charge in [0.1, 0.15) is 11.9 Å². The number of aliphatic hydroxyl groups excluding tert-OH is 1. The molecule has 0 aliphatic carbocycles. The minimum atomic E-state index is -0.783. The van der Waals surface area contributed by atoms with Crippen LogP contribution >= 0.6 is 27.3 Å². The molecule has 2 rings (SSSR count). The summed E-state index contributed by atoms with van der Waals surface area (Å²) in [6, 6.07) is 7.92. The number of thiophene rings is 1. The lowest BCUT2D eigenvalue weighted by Gasteiger charge is -2.11. The Balaban J connectivity index is 2.02. The summed E-state index contributed by atoms with van der Waals surface area (Å²) in [5, 5.41) is 14.2. The van der Waals surface area contributed by atoms with E-state index >= 15 is 0 Å². The highest BCUT2D eigenvalue weighted by atomic mass is 79.9. The van der Waals surface area contributed by atoms with Crippen LogP contribution in [0.15, 0.2) is 40.2 Å². The summed E-state index contributed by atoms with van der Waals surface area (Å²) in [5.41, 5.74) is -0.0547. The highest BCUT2D eigenvalue weighted by Gasteiger charge is 2.17. The van der Waals surface area contributed by atoms with Gasteiger partial charge in [-0.3, -0.25) is 4.79 Å². The maximum atomic E-state index is 13.5. The fourth-order valence-electron chi connectivity index (χ4n) is 1.57. The predicted octanol–water partition coefficient (Wildman–Crippen LogP) is 3.11. The molecule has 0 saturated carbocycles. The molecule has 1 aromatic heterocycles. The van der Waals surface area contributed by atoms with Gasteiger partial charge in [0, 0.05) is 15.9 Å². The lowest BCUT2D eigenvalue weighted by Crippen LogP contribution is -2.29. The Kier molecular flexibility index (Phi) is 4.68. The van der Waals surface area contributed by atoms with Crippen LogP contribution in [0.4, 0.5) is 4.39 Å². The third kappa shape index (κ3) is 3.40. The van der Waals surface area contributed by atoms with E-state index in [1.165, 1.54) is 23.5 Å². The number of hydrogen-bond acceptors (Lipinski definition) is 3. The number of carbonyl (C=O) groups is 1. The van der Waals surface area contributed by atoms with Gasteiger partial charge in [-0.15, -0.1) is 11.3 Å². The normalized spacial score (nSPS) is 12.2. The first-order valence-corrected chi connectivity index (χ1v) is 7.20. The molecule has 0 unspecified atom stereocenters. The van der Waals surface area contributed by atoms with E-state index in [1.54, 1.807) is 12.1 Å². The number of hydrogen-bond donors (Lipinski definition) is 2. The summed E-state index contributed by atoms with van der Waals surface area (Å²) in [6.07, 6.45) is -0.783. The summed E-state index contributed by atoms with van der Waals surface area (Å²) < 4.78 is 13.9. The molecule has 1 atom stereocenters. The van der Waals surface area contributed by atoms with Gasteiger partial charge in [0.25, 0.3) is 5.91 Å². The van der Waals surface area contributed by atoms with Crippen LogP contribution in [-0.2, 0) is 0 Å². The first-order chi connectivity index (χ1) is 9.09. The molecular formula is C13H11BrFNO2S. The van der Waals surface area contributed by atoms with E-state index in [4.69, 9.17) is 0 Å². The van der Waals surface area contributed by atoms with E-state index < -0.39 is 17.8 Å². The smallest absolute Gasteiger partial charge is 0.255 e. The number of aliphatic hydroxyl groups is 1. The number of halogens is 2. The largest absolute Gasteiger partial charge is 0.386 e. The Morgan fingerprint density at radius 3 is 2.84 bits per heavy atom. The van der Waals surface area contributed by atoms with Gasteiger partial charge in [0.15, 0.2) is 0 Å². The third-order valence-electron chi connectivity index (χ3n) is 2.52. The van der Waals surface area contributed by atoms with E-state index in [0.29, 0.717) is 4.47 Å². The molecule has 2 aromatic rings. The van der Waals surface area contributed by atoms with Crippen molar-refractivity contribution in [1.82, 2.24) is 5.32 Å². The van der Waals surface area contributed by atoms with Crippen molar-refractivity contribution in [2.75, 3.05) is 6.54 Å². The highest BCUT2D eigenvalue weighted by Crippen LogP contribution is 2.21. The van der Waals surface area contributed by atoms with Crippen LogP contribution < -0.4 is 5.32 Å². The average molecular weight is 344 g/mol. The standard InChI is InChI=1S/C13H11BrFNO2S/c14-8-3-1-4-9(15)12(8)13(18)16-7-10(17)11-5-2-6-19-11/h1-6,10,17H,7H2,(H,16,18)/t10-/m1/s1. The van der Waals surface area contributed by atoms with Crippen molar-refractivity contribution in [1.29, 1.82) is 0 Å². The summed E-state index contributed by atoms with van der Waals surface area (Å²) in [5.74, 6) is -1.15. The molecule has 1 aromatic carbocycles. The first kappa shape index (κ1) is 14.2. The third-order valence-corrected chi connectivity index (χ3v) is 4.15. The fourth-order valence-corrected chi connectivity index (χ4v) is 2.81. The van der Waals surface area contributed by atoms with Crippen molar-refractivity contribution in [2.24, 2.45) is 0 Å². The van der Waals surface area contributed by atoms with Crippen molar-refractivity contribution in [2.45, 2.75) is 6.10 Å². The monoisotopic (exact) mass is 343 g/mol. The zero-order valence-electron chi connectivity index (χ0n) is 9.77. The molecule has 0 aliphatic heterocycles. The van der Waals surface area contributed by atoms with E-state index in [1.807, 2.05) is 11.4 Å². The van der Waals surface area contributed by atoms with Crippen molar-refractivity contribution < 1.29 is 14.3 Å². The second-order valence-corrected chi connectivity index (χ2v) is 5.67. The van der Waals surface area contributed by atoms with Crippen LogP contribution in [0.1, 0.15) is 21.3 Å². The quantitative estimate of drug-likeness (QED) is 0.895. The predicted molar refractivity (Wildman–Crippen MR) is 75.7 cm³/mol. The molecule has 0 aliphatic rings. The Bertz CT molecular complexity index is 554. The van der Waals surface area contributed by atoms with E-state index in [-0.39, 0.29) is 12.1 Å². The molecule has 2 N–H and O–H groups in total. The van der Waals surface area contributed by atoms with Gasteiger partial charge in [0.05, 0.1) is 5.56 Å². The minimum absolute atomic E-state index is 0.0418. The molecular weight excluding hydrogens is 333 g/mol. The molecule has 0 bridgehead atoms. The molecule has 0 radical (unpaired) electrons. The zero-order valence-corrected chi connectivity index (χ0v) is 12.2. The highest BCUT2D eigenvalue weighted by molar-refractivity contribution is 9.10. The van der Waals surface area contributed by atoms with E-state index in [9.17, 15) is 14.3 Å². The SMILES string of the molecule is O=C(NC[C@@H](O)c1cccs1)c1c(F)cccc1Br. The molecule has 1 amide bonds. The second-order valence-electron chi connectivity index (χ2n) is 3.84. The number of carbonyl (C=O) groups excluding carboxylic acids is 1. The second kappa shape index (κ2) is 6.27. The van der Waals surface area contributed by atoms with Crippen LogP contribution in [0.3, 0.4) is 0 Å². The number of rotatable bonds is 4. The topological polar surface area (TPSA) is 49.3 Å². The summed E-state index contributed by atoms with van der Waals surface area (Å²) in [6.45, 7) is 0.0418. The minimum Gasteiger partial charge on any atom is -0.386 e. The summed E-state index contributed by atoms with van der Waals surface area (Å²) in [4.78, 5) is 12.6. The lowest BCUT2D eigenvalue weighted by molar-refractivity contribution is 0.0913. The summed E-state index contributed by atoms with van der Waals surface area (Å²) in [7, 11) is 0. The summed E-state index contributed by atoms with van der Waals surface area (Å²) >= 11 is 4.53. The molecule has 0 fully saturated rings. The number of benzene rings is 1. The molecule has 0 spiro atoms. The molecule has 1 heterocycles. The Labute approximate surface area is 122 Å². The van der Waals surface area contributed by atoms with Crippen LogP contribution in [-0.4, -0.2) is 17.6 Å². The molecule has 3 nitrogen and oxygen atoms in total. The number of amides is 1. The zero-order chi connectivity index (χ0) is 13.8. The van der Waals surface area contributed by atoms with Crippen molar-refractivity contribution >= 4 is 33.2 Å². The average Bonchev–Trinajstić information content (AvgIpc) is 2.89. The molecule has 6 heteroatoms. The van der Waals surface area contributed by atoms with Crippen LogP contribution in [0.2, 0.25) is 0 Å². The maximum absolute atomic E-state index is 13.5. The van der Waals surface area contributed by atoms with Gasteiger partial charge in [-0.05, 0) is 39.5 Å². The van der Waals surface area contributed by atoms with E-state index in [0.717, 1.165) is 4.88 Å². The van der Waals surface area contributed by atoms with Crippen molar-refractivity contribution in [3.8, 4) is 0 Å². The van der Waals surface area contributed by atoms with Gasteiger partial charge >= 0.3 is 0 Å². The Hall–Kier alpha value is -1.24. The molecule has 19 heavy (non-hydrogen) atoms. The van der Waals surface area contributed by atoms with Crippen LogP contribution in [0, 0.1) is 5.82 Å². The van der Waals surface area contributed by atoms with Crippen molar-refractivity contribution in [3.05, 3.63) is 56.4 Å². The van der Waals surface area contributed by atoms with Gasteiger partial charge < -0.3 is 10.4 Å².